The van der Waals surface area contributed by atoms with Gasteiger partial charge in [0.05, 0.1) is 10.7 Å². The molecule has 2 rings (SSSR count). The van der Waals surface area contributed by atoms with E-state index in [1.165, 1.54) is 0 Å². The highest BCUT2D eigenvalue weighted by molar-refractivity contribution is 7.09. The Kier molecular flexibility index (Phi) is 5.55. The number of nitrogens with one attached hydrogen (secondary N) is 1. The molecule has 0 spiro atoms. The zero-order valence-electron chi connectivity index (χ0n) is 13.5. The van der Waals surface area contributed by atoms with Crippen molar-refractivity contribution in [3.8, 4) is 5.75 Å². The molecule has 1 aromatic carbocycles. The molecular formula is C17H22N2O2S. The lowest BCUT2D eigenvalue weighted by Crippen LogP contribution is -2.37. The molecule has 0 aliphatic heterocycles. The molecule has 0 aliphatic carbocycles. The number of aryl methyl sites for hydroxylation is 2. The highest BCUT2D eigenvalue weighted by Crippen LogP contribution is 2.21. The first-order valence-electron chi connectivity index (χ1n) is 7.39. The van der Waals surface area contributed by atoms with Crippen molar-refractivity contribution in [3.05, 3.63) is 45.4 Å². The summed E-state index contributed by atoms with van der Waals surface area (Å²) in [7, 11) is 0. The fourth-order valence-corrected chi connectivity index (χ4v) is 2.72. The Labute approximate surface area is 135 Å². The number of amides is 1. The molecule has 118 valence electrons. The molecule has 0 bridgehead atoms. The number of rotatable bonds is 6. The second-order valence-corrected chi connectivity index (χ2v) is 6.42. The van der Waals surface area contributed by atoms with E-state index >= 15 is 0 Å². The minimum Gasteiger partial charge on any atom is -0.481 e. The van der Waals surface area contributed by atoms with Crippen molar-refractivity contribution in [1.82, 2.24) is 10.3 Å². The minimum atomic E-state index is -0.516. The van der Waals surface area contributed by atoms with Crippen LogP contribution >= 0.6 is 11.3 Å². The van der Waals surface area contributed by atoms with Gasteiger partial charge in [0, 0.05) is 18.3 Å². The van der Waals surface area contributed by atoms with E-state index in [1.807, 2.05) is 44.4 Å². The fraction of sp³-hybridized carbons (Fsp3) is 0.412. The third-order valence-electron chi connectivity index (χ3n) is 3.57. The average molecular weight is 318 g/mol. The standard InChI is InChI=1S/C17H22N2O2S/c1-11-6-5-7-16(12(11)2)21-13(3)17(20)18-9-8-15-10-22-14(4)19-15/h5-7,10,13H,8-9H2,1-4H3,(H,18,20)/t13-/m1/s1. The van der Waals surface area contributed by atoms with Crippen LogP contribution in [-0.2, 0) is 11.2 Å². The molecule has 1 amide bonds. The van der Waals surface area contributed by atoms with Gasteiger partial charge in [-0.25, -0.2) is 4.98 Å². The summed E-state index contributed by atoms with van der Waals surface area (Å²) in [5.41, 5.74) is 3.25. The second-order valence-electron chi connectivity index (χ2n) is 5.36. The Balaban J connectivity index is 1.83. The number of nitrogens with zero attached hydrogens (tertiary/aromatic N) is 1. The molecule has 4 nitrogen and oxygen atoms in total. The summed E-state index contributed by atoms with van der Waals surface area (Å²) in [5, 5.41) is 5.97. The topological polar surface area (TPSA) is 51.2 Å². The van der Waals surface area contributed by atoms with Crippen molar-refractivity contribution in [1.29, 1.82) is 0 Å². The number of carbonyl (C=O) groups excluding carboxylic acids is 1. The fourth-order valence-electron chi connectivity index (χ4n) is 2.08. The molecular weight excluding hydrogens is 296 g/mol. The Morgan fingerprint density at radius 2 is 2.14 bits per heavy atom. The van der Waals surface area contributed by atoms with E-state index in [9.17, 15) is 4.79 Å². The van der Waals surface area contributed by atoms with E-state index in [4.69, 9.17) is 4.74 Å². The van der Waals surface area contributed by atoms with Gasteiger partial charge in [-0.3, -0.25) is 4.79 Å². The lowest BCUT2D eigenvalue weighted by Gasteiger charge is -2.17. The van der Waals surface area contributed by atoms with E-state index in [-0.39, 0.29) is 5.91 Å². The zero-order valence-corrected chi connectivity index (χ0v) is 14.3. The van der Waals surface area contributed by atoms with Crippen molar-refractivity contribution in [2.75, 3.05) is 6.54 Å². The maximum absolute atomic E-state index is 12.1. The van der Waals surface area contributed by atoms with Gasteiger partial charge in [0.25, 0.3) is 5.91 Å². The smallest absolute Gasteiger partial charge is 0.260 e. The van der Waals surface area contributed by atoms with Crippen LogP contribution in [0.2, 0.25) is 0 Å². The molecule has 1 N–H and O–H groups in total. The Morgan fingerprint density at radius 3 is 2.82 bits per heavy atom. The molecule has 1 heterocycles. The molecule has 0 saturated carbocycles. The lowest BCUT2D eigenvalue weighted by atomic mass is 10.1. The number of hydrogen-bond acceptors (Lipinski definition) is 4. The largest absolute Gasteiger partial charge is 0.481 e. The number of carbonyl (C=O) groups is 1. The van der Waals surface area contributed by atoms with Gasteiger partial charge in [-0.05, 0) is 44.9 Å². The number of aromatic nitrogens is 1. The van der Waals surface area contributed by atoms with Crippen molar-refractivity contribution < 1.29 is 9.53 Å². The molecule has 1 atom stereocenters. The first kappa shape index (κ1) is 16.5. The van der Waals surface area contributed by atoms with Crippen molar-refractivity contribution >= 4 is 17.2 Å². The average Bonchev–Trinajstić information content (AvgIpc) is 2.89. The van der Waals surface area contributed by atoms with E-state index in [2.05, 4.69) is 10.3 Å². The maximum atomic E-state index is 12.1. The monoisotopic (exact) mass is 318 g/mol. The quantitative estimate of drug-likeness (QED) is 0.890. The normalized spacial score (nSPS) is 12.0. The Hall–Kier alpha value is -1.88. The summed E-state index contributed by atoms with van der Waals surface area (Å²) in [6, 6.07) is 5.86. The molecule has 0 fully saturated rings. The highest BCUT2D eigenvalue weighted by atomic mass is 32.1. The lowest BCUT2D eigenvalue weighted by molar-refractivity contribution is -0.127. The van der Waals surface area contributed by atoms with Crippen LogP contribution in [0.25, 0.3) is 0 Å². The van der Waals surface area contributed by atoms with Crippen LogP contribution in [0.1, 0.15) is 28.8 Å². The number of hydrogen-bond donors (Lipinski definition) is 1. The van der Waals surface area contributed by atoms with Gasteiger partial charge in [0.2, 0.25) is 0 Å². The van der Waals surface area contributed by atoms with Gasteiger partial charge in [-0.2, -0.15) is 0 Å². The van der Waals surface area contributed by atoms with E-state index in [1.54, 1.807) is 18.3 Å². The molecule has 22 heavy (non-hydrogen) atoms. The maximum Gasteiger partial charge on any atom is 0.260 e. The van der Waals surface area contributed by atoms with Crippen LogP contribution in [0.3, 0.4) is 0 Å². The summed E-state index contributed by atoms with van der Waals surface area (Å²) < 4.78 is 5.77. The van der Waals surface area contributed by atoms with Gasteiger partial charge in [-0.1, -0.05) is 12.1 Å². The second kappa shape index (κ2) is 7.40. The summed E-state index contributed by atoms with van der Waals surface area (Å²) >= 11 is 1.63. The number of benzene rings is 1. The van der Waals surface area contributed by atoms with Crippen LogP contribution in [0.15, 0.2) is 23.6 Å². The van der Waals surface area contributed by atoms with Gasteiger partial charge in [0.15, 0.2) is 6.10 Å². The summed E-state index contributed by atoms with van der Waals surface area (Å²) in [4.78, 5) is 16.5. The molecule has 0 unspecified atom stereocenters. The predicted molar refractivity (Wildman–Crippen MR) is 89.6 cm³/mol. The van der Waals surface area contributed by atoms with Gasteiger partial charge in [0.1, 0.15) is 5.75 Å². The summed E-state index contributed by atoms with van der Waals surface area (Å²) in [6.45, 7) is 8.35. The van der Waals surface area contributed by atoms with Crippen molar-refractivity contribution in [2.24, 2.45) is 0 Å². The minimum absolute atomic E-state index is 0.104. The summed E-state index contributed by atoms with van der Waals surface area (Å²) in [5.74, 6) is 0.658. The van der Waals surface area contributed by atoms with Crippen LogP contribution in [0, 0.1) is 20.8 Å². The Bertz CT molecular complexity index is 652. The number of ether oxygens (including phenoxy) is 1. The van der Waals surface area contributed by atoms with Gasteiger partial charge >= 0.3 is 0 Å². The molecule has 0 saturated heterocycles. The SMILES string of the molecule is Cc1nc(CCNC(=O)[C@@H](C)Oc2cccc(C)c2C)cs1. The summed E-state index contributed by atoms with van der Waals surface area (Å²) in [6.07, 6.45) is 0.226. The first-order chi connectivity index (χ1) is 10.5. The van der Waals surface area contributed by atoms with Crippen LogP contribution in [-0.4, -0.2) is 23.5 Å². The van der Waals surface area contributed by atoms with Crippen molar-refractivity contribution in [3.63, 3.8) is 0 Å². The molecule has 0 radical (unpaired) electrons. The van der Waals surface area contributed by atoms with E-state index in [0.29, 0.717) is 6.54 Å². The number of thiazole rings is 1. The van der Waals surface area contributed by atoms with Crippen molar-refractivity contribution in [2.45, 2.75) is 40.2 Å². The van der Waals surface area contributed by atoms with Crippen LogP contribution in [0.5, 0.6) is 5.75 Å². The zero-order chi connectivity index (χ0) is 16.1. The van der Waals surface area contributed by atoms with E-state index < -0.39 is 6.10 Å². The predicted octanol–water partition coefficient (Wildman–Crippen LogP) is 3.19. The molecule has 1 aromatic heterocycles. The third kappa shape index (κ3) is 4.31. The van der Waals surface area contributed by atoms with Gasteiger partial charge < -0.3 is 10.1 Å². The van der Waals surface area contributed by atoms with E-state index in [0.717, 1.165) is 34.0 Å². The third-order valence-corrected chi connectivity index (χ3v) is 4.40. The first-order valence-corrected chi connectivity index (χ1v) is 8.27. The van der Waals surface area contributed by atoms with Crippen LogP contribution < -0.4 is 10.1 Å². The Morgan fingerprint density at radius 1 is 1.36 bits per heavy atom. The van der Waals surface area contributed by atoms with Crippen LogP contribution in [0.4, 0.5) is 0 Å². The molecule has 2 aromatic rings. The highest BCUT2D eigenvalue weighted by Gasteiger charge is 2.15. The van der Waals surface area contributed by atoms with Gasteiger partial charge in [-0.15, -0.1) is 11.3 Å². The molecule has 0 aliphatic rings. The molecule has 5 heteroatoms.